The predicted molar refractivity (Wildman–Crippen MR) is 75.7 cm³/mol. The minimum absolute atomic E-state index is 0.0227. The van der Waals surface area contributed by atoms with E-state index in [1.807, 2.05) is 0 Å². The summed E-state index contributed by atoms with van der Waals surface area (Å²) >= 11 is 0. The number of aliphatic carboxylic acids is 1. The number of carbonyl (C=O) groups excluding carboxylic acids is 1. The monoisotopic (exact) mass is 286 g/mol. The number of piperidine rings is 1. The van der Waals surface area contributed by atoms with Crippen molar-refractivity contribution < 1.29 is 19.4 Å². The molecule has 116 valence electrons. The Kier molecular flexibility index (Phi) is 8.02. The summed E-state index contributed by atoms with van der Waals surface area (Å²) in [5.74, 6) is -0.533. The molecule has 6 heteroatoms. The number of ether oxygens (including phenoxy) is 1. The van der Waals surface area contributed by atoms with Crippen molar-refractivity contribution in [2.24, 2.45) is 5.92 Å². The van der Waals surface area contributed by atoms with Gasteiger partial charge < -0.3 is 20.1 Å². The van der Waals surface area contributed by atoms with E-state index in [-0.39, 0.29) is 18.4 Å². The number of hydrogen-bond acceptors (Lipinski definition) is 3. The average Bonchev–Trinajstić information content (AvgIpc) is 2.42. The molecule has 0 bridgehead atoms. The summed E-state index contributed by atoms with van der Waals surface area (Å²) < 4.78 is 4.96. The molecule has 0 aromatic rings. The highest BCUT2D eigenvalue weighted by Gasteiger charge is 2.23. The highest BCUT2D eigenvalue weighted by atomic mass is 16.5. The topological polar surface area (TPSA) is 78.9 Å². The Labute approximate surface area is 120 Å². The number of rotatable bonds is 8. The molecule has 6 nitrogen and oxygen atoms in total. The number of amides is 2. The highest BCUT2D eigenvalue weighted by molar-refractivity contribution is 5.74. The van der Waals surface area contributed by atoms with E-state index in [9.17, 15) is 9.59 Å². The minimum Gasteiger partial charge on any atom is -0.481 e. The molecule has 1 heterocycles. The second kappa shape index (κ2) is 9.58. The van der Waals surface area contributed by atoms with Gasteiger partial charge in [-0.2, -0.15) is 0 Å². The molecule has 1 saturated heterocycles. The lowest BCUT2D eigenvalue weighted by atomic mass is 9.94. The molecule has 0 aromatic heterocycles. The Hall–Kier alpha value is -1.30. The number of carboxylic acids is 1. The number of nitrogens with zero attached hydrogens (tertiary/aromatic N) is 1. The van der Waals surface area contributed by atoms with Gasteiger partial charge in [0.05, 0.1) is 0 Å². The Bertz CT molecular complexity index is 302. The van der Waals surface area contributed by atoms with Gasteiger partial charge in [0.2, 0.25) is 0 Å². The van der Waals surface area contributed by atoms with Crippen molar-refractivity contribution in [1.29, 1.82) is 0 Å². The third kappa shape index (κ3) is 6.75. The van der Waals surface area contributed by atoms with Gasteiger partial charge in [-0.05, 0) is 38.0 Å². The second-order valence-corrected chi connectivity index (χ2v) is 5.31. The van der Waals surface area contributed by atoms with Gasteiger partial charge in [0.1, 0.15) is 0 Å². The molecule has 20 heavy (non-hydrogen) atoms. The molecule has 1 fully saturated rings. The predicted octanol–water partition coefficient (Wildman–Crippen LogP) is 1.70. The number of carboxylic acid groups (broad SMARTS) is 1. The van der Waals surface area contributed by atoms with E-state index in [1.165, 1.54) is 0 Å². The molecule has 1 rings (SSSR count). The fourth-order valence-corrected chi connectivity index (χ4v) is 2.44. The summed E-state index contributed by atoms with van der Waals surface area (Å²) in [4.78, 5) is 24.3. The standard InChI is InChI=1S/C14H26N2O4/c1-20-10-4-2-3-7-15-14(19)16-8-5-12(6-9-16)11-13(17)18/h12H,2-11H2,1H3,(H,15,19)(H,17,18). The Morgan fingerprint density at radius 3 is 2.55 bits per heavy atom. The molecule has 1 aliphatic heterocycles. The summed E-state index contributed by atoms with van der Waals surface area (Å²) in [5, 5.41) is 11.7. The van der Waals surface area contributed by atoms with Crippen molar-refractivity contribution in [2.45, 2.75) is 38.5 Å². The maximum Gasteiger partial charge on any atom is 0.317 e. The van der Waals surface area contributed by atoms with Gasteiger partial charge in [-0.25, -0.2) is 4.79 Å². The molecule has 0 unspecified atom stereocenters. The molecule has 0 atom stereocenters. The first-order chi connectivity index (χ1) is 9.63. The fraction of sp³-hybridized carbons (Fsp3) is 0.857. The van der Waals surface area contributed by atoms with Crippen LogP contribution in [0.25, 0.3) is 0 Å². The summed E-state index contributed by atoms with van der Waals surface area (Å²) in [7, 11) is 1.69. The second-order valence-electron chi connectivity index (χ2n) is 5.31. The van der Waals surface area contributed by atoms with Gasteiger partial charge in [-0.1, -0.05) is 0 Å². The summed E-state index contributed by atoms with van der Waals surface area (Å²) in [6.45, 7) is 2.78. The van der Waals surface area contributed by atoms with Gasteiger partial charge in [0, 0.05) is 39.8 Å². The van der Waals surface area contributed by atoms with E-state index in [0.29, 0.717) is 19.6 Å². The number of unbranched alkanes of at least 4 members (excludes halogenated alkanes) is 2. The molecule has 0 aromatic carbocycles. The van der Waals surface area contributed by atoms with Crippen molar-refractivity contribution in [2.75, 3.05) is 33.4 Å². The Morgan fingerprint density at radius 2 is 1.95 bits per heavy atom. The van der Waals surface area contributed by atoms with Gasteiger partial charge >= 0.3 is 12.0 Å². The Morgan fingerprint density at radius 1 is 1.25 bits per heavy atom. The maximum absolute atomic E-state index is 11.9. The van der Waals surface area contributed by atoms with Crippen LogP contribution < -0.4 is 5.32 Å². The number of nitrogens with one attached hydrogen (secondary N) is 1. The molecule has 2 amide bonds. The molecule has 0 saturated carbocycles. The third-order valence-electron chi connectivity index (χ3n) is 3.67. The zero-order valence-electron chi connectivity index (χ0n) is 12.3. The first kappa shape index (κ1) is 16.8. The Balaban J connectivity index is 2.08. The normalized spacial score (nSPS) is 16.1. The largest absolute Gasteiger partial charge is 0.481 e. The molecular weight excluding hydrogens is 260 g/mol. The lowest BCUT2D eigenvalue weighted by Gasteiger charge is -2.31. The van der Waals surface area contributed by atoms with E-state index in [0.717, 1.165) is 38.7 Å². The lowest BCUT2D eigenvalue weighted by Crippen LogP contribution is -2.44. The van der Waals surface area contributed by atoms with Crippen LogP contribution in [0, 0.1) is 5.92 Å². The SMILES string of the molecule is COCCCCCNC(=O)N1CCC(CC(=O)O)CC1. The van der Waals surface area contributed by atoms with Crippen molar-refractivity contribution >= 4 is 12.0 Å². The number of urea groups is 1. The zero-order chi connectivity index (χ0) is 14.8. The number of hydrogen-bond donors (Lipinski definition) is 2. The van der Waals surface area contributed by atoms with Crippen LogP contribution in [-0.4, -0.2) is 55.4 Å². The van der Waals surface area contributed by atoms with Crippen molar-refractivity contribution in [1.82, 2.24) is 10.2 Å². The molecule has 0 radical (unpaired) electrons. The van der Waals surface area contributed by atoms with Crippen molar-refractivity contribution in [3.05, 3.63) is 0 Å². The number of likely N-dealkylation sites (tertiary alicyclic amines) is 1. The van der Waals surface area contributed by atoms with E-state index < -0.39 is 5.97 Å². The van der Waals surface area contributed by atoms with E-state index in [1.54, 1.807) is 12.0 Å². The lowest BCUT2D eigenvalue weighted by molar-refractivity contribution is -0.138. The van der Waals surface area contributed by atoms with Crippen LogP contribution in [-0.2, 0) is 9.53 Å². The third-order valence-corrected chi connectivity index (χ3v) is 3.67. The van der Waals surface area contributed by atoms with Crippen LogP contribution >= 0.6 is 0 Å². The van der Waals surface area contributed by atoms with Crippen LogP contribution in [0.5, 0.6) is 0 Å². The summed E-state index contributed by atoms with van der Waals surface area (Å²) in [5.41, 5.74) is 0. The van der Waals surface area contributed by atoms with Crippen LogP contribution in [0.4, 0.5) is 4.79 Å². The minimum atomic E-state index is -0.746. The van der Waals surface area contributed by atoms with Gasteiger partial charge in [0.25, 0.3) is 0 Å². The average molecular weight is 286 g/mol. The molecule has 2 N–H and O–H groups in total. The summed E-state index contributed by atoms with van der Waals surface area (Å²) in [6, 6.07) is -0.0227. The molecule has 0 aliphatic carbocycles. The highest BCUT2D eigenvalue weighted by Crippen LogP contribution is 2.20. The summed E-state index contributed by atoms with van der Waals surface area (Å²) in [6.07, 6.45) is 4.82. The first-order valence-electron chi connectivity index (χ1n) is 7.37. The molecule has 1 aliphatic rings. The van der Waals surface area contributed by atoms with Crippen LogP contribution in [0.2, 0.25) is 0 Å². The van der Waals surface area contributed by atoms with Crippen molar-refractivity contribution in [3.63, 3.8) is 0 Å². The number of methoxy groups -OCH3 is 1. The van der Waals surface area contributed by atoms with Crippen LogP contribution in [0.1, 0.15) is 38.5 Å². The van der Waals surface area contributed by atoms with Crippen LogP contribution in [0.3, 0.4) is 0 Å². The van der Waals surface area contributed by atoms with Crippen molar-refractivity contribution in [3.8, 4) is 0 Å². The van der Waals surface area contributed by atoms with Gasteiger partial charge in [-0.15, -0.1) is 0 Å². The maximum atomic E-state index is 11.9. The first-order valence-corrected chi connectivity index (χ1v) is 7.37. The van der Waals surface area contributed by atoms with E-state index >= 15 is 0 Å². The van der Waals surface area contributed by atoms with Gasteiger partial charge in [0.15, 0.2) is 0 Å². The number of carbonyl (C=O) groups is 2. The van der Waals surface area contributed by atoms with Gasteiger partial charge in [-0.3, -0.25) is 4.79 Å². The van der Waals surface area contributed by atoms with Crippen LogP contribution in [0.15, 0.2) is 0 Å². The molecule has 0 spiro atoms. The smallest absolute Gasteiger partial charge is 0.317 e. The fourth-order valence-electron chi connectivity index (χ4n) is 2.44. The van der Waals surface area contributed by atoms with E-state index in [4.69, 9.17) is 9.84 Å². The van der Waals surface area contributed by atoms with E-state index in [2.05, 4.69) is 5.32 Å². The quantitative estimate of drug-likeness (QED) is 0.666. The molecular formula is C14H26N2O4. The zero-order valence-corrected chi connectivity index (χ0v) is 12.3.